The Morgan fingerprint density at radius 3 is 2.59 bits per heavy atom. The van der Waals surface area contributed by atoms with E-state index in [4.69, 9.17) is 0 Å². The second kappa shape index (κ2) is 5.50. The first-order valence-electron chi connectivity index (χ1n) is 6.77. The Balaban J connectivity index is 1.70. The maximum Gasteiger partial charge on any atom is 0.235 e. The van der Waals surface area contributed by atoms with Crippen LogP contribution in [0.3, 0.4) is 0 Å². The SMILES string of the molecule is C(=C/c1nn2c(-c3ccccn3)nnc2s1)/c1ccccc1. The van der Waals surface area contributed by atoms with E-state index in [0.717, 1.165) is 21.2 Å². The summed E-state index contributed by atoms with van der Waals surface area (Å²) in [5.74, 6) is 0.659. The van der Waals surface area contributed by atoms with Crippen LogP contribution in [0.25, 0.3) is 28.6 Å². The molecule has 3 aromatic heterocycles. The molecule has 0 fully saturated rings. The van der Waals surface area contributed by atoms with Crippen molar-refractivity contribution in [2.75, 3.05) is 0 Å². The molecular weight excluding hydrogens is 294 g/mol. The first kappa shape index (κ1) is 12.8. The molecule has 0 aliphatic carbocycles. The van der Waals surface area contributed by atoms with Gasteiger partial charge in [-0.2, -0.15) is 9.61 Å². The molecule has 0 unspecified atom stereocenters. The lowest BCUT2D eigenvalue weighted by molar-refractivity contribution is 0.951. The van der Waals surface area contributed by atoms with E-state index in [-0.39, 0.29) is 0 Å². The summed E-state index contributed by atoms with van der Waals surface area (Å²) in [6, 6.07) is 15.8. The third kappa shape index (κ3) is 2.40. The second-order valence-electron chi connectivity index (χ2n) is 4.62. The highest BCUT2D eigenvalue weighted by Gasteiger charge is 2.12. The van der Waals surface area contributed by atoms with Crippen molar-refractivity contribution in [1.82, 2.24) is 24.8 Å². The predicted molar refractivity (Wildman–Crippen MR) is 87.3 cm³/mol. The Bertz CT molecular complexity index is 925. The smallest absolute Gasteiger partial charge is 0.235 e. The van der Waals surface area contributed by atoms with Gasteiger partial charge >= 0.3 is 0 Å². The second-order valence-corrected chi connectivity index (χ2v) is 5.60. The van der Waals surface area contributed by atoms with Gasteiger partial charge in [0.1, 0.15) is 10.7 Å². The van der Waals surface area contributed by atoms with Crippen LogP contribution in [0.1, 0.15) is 10.6 Å². The van der Waals surface area contributed by atoms with Crippen LogP contribution in [-0.4, -0.2) is 24.8 Å². The first-order valence-corrected chi connectivity index (χ1v) is 7.58. The van der Waals surface area contributed by atoms with Crippen LogP contribution in [0.4, 0.5) is 0 Å². The number of benzene rings is 1. The van der Waals surface area contributed by atoms with Gasteiger partial charge in [-0.1, -0.05) is 53.8 Å². The Hall–Kier alpha value is -2.86. The van der Waals surface area contributed by atoms with E-state index in [1.807, 2.05) is 48.6 Å². The zero-order chi connectivity index (χ0) is 14.8. The normalized spacial score (nSPS) is 11.5. The molecule has 106 valence electrons. The number of nitrogens with zero attached hydrogens (tertiary/aromatic N) is 5. The average Bonchev–Trinajstić information content (AvgIpc) is 3.15. The van der Waals surface area contributed by atoms with Crippen molar-refractivity contribution in [3.05, 3.63) is 65.3 Å². The molecule has 3 heterocycles. The third-order valence-corrected chi connectivity index (χ3v) is 3.98. The fraction of sp³-hybridized carbons (Fsp3) is 0. The molecule has 6 heteroatoms. The van der Waals surface area contributed by atoms with Crippen molar-refractivity contribution in [1.29, 1.82) is 0 Å². The van der Waals surface area contributed by atoms with Gasteiger partial charge < -0.3 is 0 Å². The number of aromatic nitrogens is 5. The summed E-state index contributed by atoms with van der Waals surface area (Å²) in [4.78, 5) is 5.06. The summed E-state index contributed by atoms with van der Waals surface area (Å²) in [5.41, 5.74) is 1.90. The van der Waals surface area contributed by atoms with E-state index < -0.39 is 0 Å². The van der Waals surface area contributed by atoms with Crippen molar-refractivity contribution < 1.29 is 0 Å². The highest BCUT2D eigenvalue weighted by Crippen LogP contribution is 2.21. The largest absolute Gasteiger partial charge is 0.253 e. The molecule has 4 aromatic rings. The Morgan fingerprint density at radius 1 is 0.909 bits per heavy atom. The van der Waals surface area contributed by atoms with Gasteiger partial charge in [0.2, 0.25) is 10.8 Å². The molecule has 0 saturated carbocycles. The van der Waals surface area contributed by atoms with Crippen LogP contribution < -0.4 is 0 Å². The van der Waals surface area contributed by atoms with Crippen LogP contribution in [0, 0.1) is 0 Å². The topological polar surface area (TPSA) is 56.0 Å². The summed E-state index contributed by atoms with van der Waals surface area (Å²) in [6.45, 7) is 0. The lowest BCUT2D eigenvalue weighted by Crippen LogP contribution is -1.92. The van der Waals surface area contributed by atoms with Crippen LogP contribution in [0.5, 0.6) is 0 Å². The highest BCUT2D eigenvalue weighted by atomic mass is 32.1. The summed E-state index contributed by atoms with van der Waals surface area (Å²) < 4.78 is 1.73. The zero-order valence-electron chi connectivity index (χ0n) is 11.5. The summed E-state index contributed by atoms with van der Waals surface area (Å²) in [6.07, 6.45) is 5.75. The van der Waals surface area contributed by atoms with Crippen LogP contribution in [-0.2, 0) is 0 Å². The van der Waals surface area contributed by atoms with Gasteiger partial charge in [0, 0.05) is 6.20 Å². The van der Waals surface area contributed by atoms with Gasteiger partial charge in [0.05, 0.1) is 0 Å². The van der Waals surface area contributed by atoms with Gasteiger partial charge in [-0.3, -0.25) is 4.98 Å². The van der Waals surface area contributed by atoms with Gasteiger partial charge in [0.25, 0.3) is 0 Å². The highest BCUT2D eigenvalue weighted by molar-refractivity contribution is 7.17. The third-order valence-electron chi connectivity index (χ3n) is 3.12. The van der Waals surface area contributed by atoms with Crippen LogP contribution >= 0.6 is 11.3 Å². The van der Waals surface area contributed by atoms with Crippen molar-refractivity contribution in [3.63, 3.8) is 0 Å². The molecule has 0 bridgehead atoms. The monoisotopic (exact) mass is 305 g/mol. The molecule has 0 radical (unpaired) electrons. The molecule has 1 aromatic carbocycles. The number of pyridine rings is 1. The van der Waals surface area contributed by atoms with Crippen molar-refractivity contribution in [2.24, 2.45) is 0 Å². The number of fused-ring (bicyclic) bond motifs is 1. The summed E-state index contributed by atoms with van der Waals surface area (Å²) in [7, 11) is 0. The molecular formula is C16H11N5S. The molecule has 0 amide bonds. The van der Waals surface area contributed by atoms with Gasteiger partial charge in [0.15, 0.2) is 0 Å². The maximum absolute atomic E-state index is 4.55. The quantitative estimate of drug-likeness (QED) is 0.582. The molecule has 0 aliphatic rings. The van der Waals surface area contributed by atoms with E-state index in [9.17, 15) is 0 Å². The minimum absolute atomic E-state index is 0.659. The molecule has 5 nitrogen and oxygen atoms in total. The molecule has 0 atom stereocenters. The summed E-state index contributed by atoms with van der Waals surface area (Å²) >= 11 is 1.50. The molecule has 0 N–H and O–H groups in total. The minimum atomic E-state index is 0.659. The molecule has 0 spiro atoms. The van der Waals surface area contributed by atoms with Gasteiger partial charge in [-0.25, -0.2) is 0 Å². The lowest BCUT2D eigenvalue weighted by Gasteiger charge is -1.93. The van der Waals surface area contributed by atoms with Crippen LogP contribution in [0.15, 0.2) is 54.7 Å². The average molecular weight is 305 g/mol. The van der Waals surface area contributed by atoms with E-state index in [0.29, 0.717) is 5.82 Å². The zero-order valence-corrected chi connectivity index (χ0v) is 12.3. The van der Waals surface area contributed by atoms with Crippen molar-refractivity contribution in [2.45, 2.75) is 0 Å². The number of hydrogen-bond donors (Lipinski definition) is 0. The first-order chi connectivity index (χ1) is 10.9. The molecule has 22 heavy (non-hydrogen) atoms. The van der Waals surface area contributed by atoms with E-state index in [1.54, 1.807) is 10.7 Å². The number of hydrogen-bond acceptors (Lipinski definition) is 5. The Morgan fingerprint density at radius 2 is 1.77 bits per heavy atom. The predicted octanol–water partition coefficient (Wildman–Crippen LogP) is 3.42. The molecule has 4 rings (SSSR count). The number of rotatable bonds is 3. The van der Waals surface area contributed by atoms with Crippen LogP contribution in [0.2, 0.25) is 0 Å². The molecule has 0 aliphatic heterocycles. The van der Waals surface area contributed by atoms with E-state index in [2.05, 4.69) is 32.4 Å². The summed E-state index contributed by atoms with van der Waals surface area (Å²) in [5, 5.41) is 13.8. The van der Waals surface area contributed by atoms with Gasteiger partial charge in [-0.15, -0.1) is 10.2 Å². The maximum atomic E-state index is 4.55. The van der Waals surface area contributed by atoms with E-state index >= 15 is 0 Å². The fourth-order valence-corrected chi connectivity index (χ4v) is 2.83. The van der Waals surface area contributed by atoms with Crippen molar-refractivity contribution in [3.8, 4) is 11.5 Å². The Kier molecular flexibility index (Phi) is 3.21. The fourth-order valence-electron chi connectivity index (χ4n) is 2.09. The van der Waals surface area contributed by atoms with Crippen molar-refractivity contribution >= 4 is 28.4 Å². The Labute approximate surface area is 130 Å². The van der Waals surface area contributed by atoms with Gasteiger partial charge in [-0.05, 0) is 23.8 Å². The lowest BCUT2D eigenvalue weighted by atomic mass is 10.2. The molecule has 0 saturated heterocycles. The van der Waals surface area contributed by atoms with E-state index in [1.165, 1.54) is 11.3 Å². The standard InChI is InChI=1S/C16H11N5S/c1-2-6-12(7-3-1)9-10-14-20-21-15(18-19-16(21)22-14)13-8-4-5-11-17-13/h1-11H/b10-9-. The minimum Gasteiger partial charge on any atom is -0.253 e.